The molecule has 3 N–H and O–H groups in total. The molecule has 326 valence electrons. The van der Waals surface area contributed by atoms with Gasteiger partial charge < -0.3 is 30.0 Å². The second-order valence-corrected chi connectivity index (χ2v) is 18.4. The molecule has 2 aromatic heterocycles. The lowest BCUT2D eigenvalue weighted by Gasteiger charge is -2.42. The van der Waals surface area contributed by atoms with Gasteiger partial charge in [0.2, 0.25) is 0 Å². The average Bonchev–Trinajstić information content (AvgIpc) is 3.94. The number of nitriles is 1. The number of benzene rings is 1. The number of piperazine rings is 1. The lowest BCUT2D eigenvalue weighted by Crippen LogP contribution is -2.55. The van der Waals surface area contributed by atoms with E-state index in [1.165, 1.54) is 6.08 Å². The number of aliphatic hydroxyl groups excluding tert-OH is 1. The van der Waals surface area contributed by atoms with Crippen molar-refractivity contribution >= 4 is 44.5 Å². The number of ether oxygens (including phenoxy) is 3. The molecular formula is C46H63F2N7O4S. The fraction of sp³-hybridized carbons (Fsp3) is 0.630. The average molecular weight is 848 g/mol. The molecular weight excluding hydrogens is 785 g/mol. The van der Waals surface area contributed by atoms with Crippen LogP contribution in [-0.2, 0) is 22.7 Å². The molecule has 60 heavy (non-hydrogen) atoms. The Morgan fingerprint density at radius 2 is 1.80 bits per heavy atom. The molecule has 3 aromatic rings. The van der Waals surface area contributed by atoms with Crippen molar-refractivity contribution in [1.82, 2.24) is 19.8 Å². The number of unbranched alkanes of at least 4 members (excludes halogenated alkanes) is 2. The first kappa shape index (κ1) is 44.3. The van der Waals surface area contributed by atoms with Crippen molar-refractivity contribution in [1.29, 1.82) is 5.26 Å². The van der Waals surface area contributed by atoms with Gasteiger partial charge in [-0.1, -0.05) is 51.7 Å². The lowest BCUT2D eigenvalue weighted by molar-refractivity contribution is -0.00117. The van der Waals surface area contributed by atoms with Crippen LogP contribution in [0.15, 0.2) is 11.6 Å². The first-order chi connectivity index (χ1) is 29.0. The van der Waals surface area contributed by atoms with E-state index in [0.717, 1.165) is 100 Å². The summed E-state index contributed by atoms with van der Waals surface area (Å²) in [7, 11) is 0. The monoisotopic (exact) mass is 847 g/mol. The Hall–Kier alpha value is -3.71. The normalized spacial score (nSPS) is 21.9. The molecule has 4 atom stereocenters. The second-order valence-electron chi connectivity index (χ2n) is 17.3. The van der Waals surface area contributed by atoms with Crippen molar-refractivity contribution in [2.75, 3.05) is 69.7 Å². The van der Waals surface area contributed by atoms with Gasteiger partial charge in [-0.25, -0.2) is 8.78 Å². The van der Waals surface area contributed by atoms with Crippen LogP contribution < -0.4 is 15.4 Å². The summed E-state index contributed by atoms with van der Waals surface area (Å²) >= 11 is 0.999. The number of nitrogens with zero attached hydrogens (tertiary/aromatic N) is 6. The molecule has 1 aromatic carbocycles. The van der Waals surface area contributed by atoms with E-state index < -0.39 is 17.7 Å². The van der Waals surface area contributed by atoms with Gasteiger partial charge in [-0.15, -0.1) is 11.3 Å². The van der Waals surface area contributed by atoms with E-state index in [9.17, 15) is 10.4 Å². The molecule has 7 rings (SSSR count). The molecule has 4 unspecified atom stereocenters. The summed E-state index contributed by atoms with van der Waals surface area (Å²) in [4.78, 5) is 17.6. The van der Waals surface area contributed by atoms with Crippen LogP contribution in [0.2, 0.25) is 0 Å². The van der Waals surface area contributed by atoms with Crippen LogP contribution in [0.25, 0.3) is 22.3 Å². The van der Waals surface area contributed by atoms with E-state index in [-0.39, 0.29) is 63.2 Å². The van der Waals surface area contributed by atoms with Crippen LogP contribution in [0, 0.1) is 22.6 Å². The molecule has 0 amide bonds. The van der Waals surface area contributed by atoms with Crippen LogP contribution in [0.3, 0.4) is 0 Å². The number of likely N-dealkylation sites (tertiary alicyclic amines) is 1. The number of β-amino-alcohol motifs (C(OH)–C–C–N with tert-alkyl or cyclic N) is 1. The molecule has 0 aliphatic carbocycles. The van der Waals surface area contributed by atoms with Gasteiger partial charge in [-0.2, -0.15) is 15.2 Å². The predicted octanol–water partition coefficient (Wildman–Crippen LogP) is 8.60. The van der Waals surface area contributed by atoms with Gasteiger partial charge in [-0.05, 0) is 69.6 Å². The minimum Gasteiger partial charge on any atom is -0.463 e. The summed E-state index contributed by atoms with van der Waals surface area (Å²) in [6.45, 7) is 18.5. The zero-order chi connectivity index (χ0) is 42.7. The van der Waals surface area contributed by atoms with Crippen LogP contribution in [-0.4, -0.2) is 102 Å². The second kappa shape index (κ2) is 19.1. The van der Waals surface area contributed by atoms with Crippen molar-refractivity contribution < 1.29 is 28.1 Å². The van der Waals surface area contributed by atoms with Crippen molar-refractivity contribution in [3.63, 3.8) is 0 Å². The van der Waals surface area contributed by atoms with Gasteiger partial charge in [-0.3, -0.25) is 9.80 Å². The highest BCUT2D eigenvalue weighted by atomic mass is 32.1. The number of thiophene rings is 1. The van der Waals surface area contributed by atoms with Gasteiger partial charge in [0.25, 0.3) is 0 Å². The Balaban J connectivity index is 1.43. The highest BCUT2D eigenvalue weighted by molar-refractivity contribution is 7.17. The number of aliphatic hydroxyl groups is 1. The number of rotatable bonds is 17. The number of hydrogen-bond donors (Lipinski definition) is 2. The predicted molar refractivity (Wildman–Crippen MR) is 235 cm³/mol. The molecule has 0 saturated carbocycles. The summed E-state index contributed by atoms with van der Waals surface area (Å²) in [5.41, 5.74) is 9.68. The summed E-state index contributed by atoms with van der Waals surface area (Å²) in [5, 5.41) is 21.5. The van der Waals surface area contributed by atoms with E-state index in [2.05, 4.69) is 34.6 Å². The van der Waals surface area contributed by atoms with E-state index in [4.69, 9.17) is 29.9 Å². The molecule has 3 saturated heterocycles. The quantitative estimate of drug-likeness (QED) is 0.127. The van der Waals surface area contributed by atoms with Gasteiger partial charge in [0.05, 0.1) is 55.0 Å². The Kier molecular flexibility index (Phi) is 14.1. The summed E-state index contributed by atoms with van der Waals surface area (Å²) in [5.74, 6) is -0.465. The van der Waals surface area contributed by atoms with Crippen molar-refractivity contribution in [3.05, 3.63) is 50.2 Å². The van der Waals surface area contributed by atoms with Gasteiger partial charge in [0.15, 0.2) is 5.82 Å². The molecule has 4 aliphatic heterocycles. The maximum absolute atomic E-state index is 18.3. The van der Waals surface area contributed by atoms with Crippen LogP contribution in [0.4, 0.5) is 19.6 Å². The lowest BCUT2D eigenvalue weighted by atomic mass is 9.80. The molecule has 3 fully saturated rings. The van der Waals surface area contributed by atoms with Gasteiger partial charge in [0.1, 0.15) is 28.2 Å². The largest absolute Gasteiger partial charge is 0.463 e. The first-order valence-corrected chi connectivity index (χ1v) is 22.9. The topological polar surface area (TPSA) is 133 Å². The number of hydrogen-bond acceptors (Lipinski definition) is 12. The summed E-state index contributed by atoms with van der Waals surface area (Å²) < 4.78 is 52.7. The third-order valence-electron chi connectivity index (χ3n) is 13.3. The zero-order valence-electron chi connectivity index (χ0n) is 36.3. The minimum atomic E-state index is -0.579. The molecule has 0 spiro atoms. The third-order valence-corrected chi connectivity index (χ3v) is 14.3. The molecule has 4 aliphatic rings. The molecule has 11 nitrogen and oxygen atoms in total. The Morgan fingerprint density at radius 3 is 2.43 bits per heavy atom. The third kappa shape index (κ3) is 8.68. The molecule has 2 bridgehead atoms. The van der Waals surface area contributed by atoms with Gasteiger partial charge >= 0.3 is 6.01 Å². The van der Waals surface area contributed by atoms with E-state index >= 15 is 8.78 Å². The van der Waals surface area contributed by atoms with Crippen molar-refractivity contribution in [2.24, 2.45) is 5.41 Å². The Bertz CT molecular complexity index is 2130. The van der Waals surface area contributed by atoms with Crippen LogP contribution >= 0.6 is 11.3 Å². The number of anilines is 2. The maximum atomic E-state index is 18.3. The standard InChI is InChI=1S/C46H63F2N7O4S/c1-7-11-12-15-46(10-4,26-53-16-18-57-19-17-53)27-59-45-51-41-39(44(52-45)55-30-13-14-31(55)23-54(22-30)21-29(6)56)34-25-58-24-33(34)37(40(41)48)36(28(5)8-2)38-32(20-49)43(50)60-42(38)35(47)9-3/h9,29-31,56H,7-8,10-19,21-27,50H2,1-6H3/b35-9+,36-28?. The van der Waals surface area contributed by atoms with E-state index in [1.807, 2.05) is 20.8 Å². The molecule has 0 radical (unpaired) electrons. The minimum absolute atomic E-state index is 0.0929. The number of morpholine rings is 1. The number of halogens is 2. The Labute approximate surface area is 358 Å². The number of fused-ring (bicyclic) bond motifs is 5. The number of nitrogens with two attached hydrogens (primary N) is 1. The highest BCUT2D eigenvalue weighted by Crippen LogP contribution is 2.50. The van der Waals surface area contributed by atoms with Gasteiger partial charge in [0, 0.05) is 67.9 Å². The summed E-state index contributed by atoms with van der Waals surface area (Å²) in [6, 6.07) is 2.52. The number of nitrogen functional groups attached to an aromatic ring is 1. The summed E-state index contributed by atoms with van der Waals surface area (Å²) in [6.07, 6.45) is 8.48. The van der Waals surface area contributed by atoms with Crippen molar-refractivity contribution in [2.45, 2.75) is 124 Å². The number of aromatic nitrogens is 2. The molecule has 14 heteroatoms. The van der Waals surface area contributed by atoms with E-state index in [0.29, 0.717) is 60.7 Å². The van der Waals surface area contributed by atoms with Crippen molar-refractivity contribution in [3.8, 4) is 12.1 Å². The molecule has 6 heterocycles. The fourth-order valence-electron chi connectivity index (χ4n) is 9.98. The fourth-order valence-corrected chi connectivity index (χ4v) is 11.0. The maximum Gasteiger partial charge on any atom is 0.319 e. The van der Waals surface area contributed by atoms with Crippen LogP contribution in [0.5, 0.6) is 6.01 Å². The van der Waals surface area contributed by atoms with E-state index in [1.54, 1.807) is 6.92 Å². The van der Waals surface area contributed by atoms with Crippen LogP contribution in [0.1, 0.15) is 126 Å². The highest BCUT2D eigenvalue weighted by Gasteiger charge is 2.44. The first-order valence-electron chi connectivity index (χ1n) is 22.1. The smallest absolute Gasteiger partial charge is 0.319 e. The Morgan fingerprint density at radius 1 is 1.08 bits per heavy atom. The number of allylic oxidation sites excluding steroid dienone is 2. The SMILES string of the molecule is C/C=C(/F)c1sc(N)c(C#N)c1C(=C(C)CC)c1c2c(c3c(N4C5CCC4CN(CC(C)O)C5)nc(OCC(CC)(CCCCC)CN4CCOCC4)nc3c1F)COC2. The zero-order valence-corrected chi connectivity index (χ0v) is 37.2.